The van der Waals surface area contributed by atoms with Gasteiger partial charge in [-0.25, -0.2) is 0 Å². The highest BCUT2D eigenvalue weighted by Crippen LogP contribution is 2.20. The van der Waals surface area contributed by atoms with Gasteiger partial charge in [0.05, 0.1) is 6.54 Å². The molecule has 0 amide bonds. The molecule has 14 heavy (non-hydrogen) atoms. The van der Waals surface area contributed by atoms with Crippen LogP contribution in [0.1, 0.15) is 18.7 Å². The van der Waals surface area contributed by atoms with Gasteiger partial charge in [-0.05, 0) is 24.3 Å². The smallest absolute Gasteiger partial charge is 0.315 e. The Bertz CT molecular complexity index is 285. The Hall–Kier alpha value is -0.750. The monoisotopic (exact) mass is 214 g/mol. The third-order valence-electron chi connectivity index (χ3n) is 2.19. The Morgan fingerprint density at radius 2 is 2.21 bits per heavy atom. The number of nitrogens with zero attached hydrogens (tertiary/aromatic N) is 2. The summed E-state index contributed by atoms with van der Waals surface area (Å²) in [5.41, 5.74) is 5.37. The Morgan fingerprint density at radius 1 is 1.43 bits per heavy atom. The van der Waals surface area contributed by atoms with E-state index in [1.807, 2.05) is 11.8 Å². The fourth-order valence-electron chi connectivity index (χ4n) is 1.41. The molecular weight excluding hydrogens is 200 g/mol. The van der Waals surface area contributed by atoms with E-state index in [1.165, 1.54) is 11.5 Å². The molecule has 1 aromatic rings. The van der Waals surface area contributed by atoms with E-state index in [0.717, 1.165) is 12.8 Å². The molecule has 1 aliphatic rings. The molecule has 78 valence electrons. The van der Waals surface area contributed by atoms with Gasteiger partial charge in [0.1, 0.15) is 0 Å². The Kier molecular flexibility index (Phi) is 3.26. The highest BCUT2D eigenvalue weighted by molar-refractivity contribution is 7.99. The van der Waals surface area contributed by atoms with Crippen molar-refractivity contribution in [3.05, 3.63) is 5.89 Å². The predicted octanol–water partition coefficient (Wildman–Crippen LogP) is 0.836. The molecule has 2 rings (SSSR count). The van der Waals surface area contributed by atoms with Crippen LogP contribution in [-0.4, -0.2) is 27.7 Å². The van der Waals surface area contributed by atoms with Gasteiger partial charge in [-0.3, -0.25) is 0 Å². The lowest BCUT2D eigenvalue weighted by Gasteiger charge is -2.20. The third-order valence-corrected chi connectivity index (χ3v) is 3.24. The largest absolute Gasteiger partial charge is 0.407 e. The van der Waals surface area contributed by atoms with Crippen LogP contribution in [0, 0.1) is 0 Å². The van der Waals surface area contributed by atoms with Crippen molar-refractivity contribution in [3.63, 3.8) is 0 Å². The zero-order chi connectivity index (χ0) is 9.80. The van der Waals surface area contributed by atoms with E-state index in [2.05, 4.69) is 15.5 Å². The first kappa shape index (κ1) is 9.79. The molecule has 0 aliphatic carbocycles. The average molecular weight is 214 g/mol. The zero-order valence-electron chi connectivity index (χ0n) is 7.90. The van der Waals surface area contributed by atoms with E-state index < -0.39 is 0 Å². The summed E-state index contributed by atoms with van der Waals surface area (Å²) in [6, 6.07) is 0.977. The van der Waals surface area contributed by atoms with Gasteiger partial charge in [-0.2, -0.15) is 11.8 Å². The summed E-state index contributed by atoms with van der Waals surface area (Å²) < 4.78 is 5.27. The second kappa shape index (κ2) is 4.65. The molecule has 5 nitrogen and oxygen atoms in total. The molecule has 1 saturated heterocycles. The van der Waals surface area contributed by atoms with Gasteiger partial charge in [0.25, 0.3) is 0 Å². The van der Waals surface area contributed by atoms with E-state index in [4.69, 9.17) is 10.2 Å². The van der Waals surface area contributed by atoms with Gasteiger partial charge in [-0.1, -0.05) is 5.10 Å². The quantitative estimate of drug-likeness (QED) is 0.776. The fourth-order valence-corrected chi connectivity index (χ4v) is 2.52. The van der Waals surface area contributed by atoms with Crippen molar-refractivity contribution >= 4 is 17.8 Å². The SMILES string of the molecule is NCc1nnc(NC2CCSCC2)o1. The second-order valence-electron chi connectivity index (χ2n) is 3.24. The minimum atomic E-state index is 0.301. The van der Waals surface area contributed by atoms with Gasteiger partial charge in [-0.15, -0.1) is 5.10 Å². The molecule has 1 fully saturated rings. The van der Waals surface area contributed by atoms with E-state index in [9.17, 15) is 0 Å². The molecule has 0 aromatic carbocycles. The number of hydrogen-bond acceptors (Lipinski definition) is 6. The van der Waals surface area contributed by atoms with Crippen LogP contribution < -0.4 is 11.1 Å². The van der Waals surface area contributed by atoms with E-state index >= 15 is 0 Å². The van der Waals surface area contributed by atoms with Crippen molar-refractivity contribution in [1.29, 1.82) is 0 Å². The van der Waals surface area contributed by atoms with Crippen molar-refractivity contribution in [3.8, 4) is 0 Å². The number of anilines is 1. The van der Waals surface area contributed by atoms with Crippen molar-refractivity contribution in [2.45, 2.75) is 25.4 Å². The number of rotatable bonds is 3. The van der Waals surface area contributed by atoms with Crippen LogP contribution in [-0.2, 0) is 6.54 Å². The minimum Gasteiger partial charge on any atom is -0.407 e. The normalized spacial score (nSPS) is 18.4. The van der Waals surface area contributed by atoms with Crippen LogP contribution in [0.5, 0.6) is 0 Å². The molecule has 6 heteroatoms. The fraction of sp³-hybridized carbons (Fsp3) is 0.750. The number of nitrogens with two attached hydrogens (primary N) is 1. The van der Waals surface area contributed by atoms with Gasteiger partial charge in [0.15, 0.2) is 0 Å². The molecule has 0 spiro atoms. The maximum Gasteiger partial charge on any atom is 0.315 e. The summed E-state index contributed by atoms with van der Waals surface area (Å²) in [4.78, 5) is 0. The van der Waals surface area contributed by atoms with Crippen LogP contribution in [0.2, 0.25) is 0 Å². The maximum absolute atomic E-state index is 5.37. The summed E-state index contributed by atoms with van der Waals surface area (Å²) in [5.74, 6) is 2.89. The van der Waals surface area contributed by atoms with Crippen LogP contribution in [0.25, 0.3) is 0 Å². The Labute approximate surface area is 86.8 Å². The molecule has 1 aromatic heterocycles. The van der Waals surface area contributed by atoms with Gasteiger partial charge >= 0.3 is 6.01 Å². The predicted molar refractivity (Wildman–Crippen MR) is 56.2 cm³/mol. The molecule has 3 N–H and O–H groups in total. The van der Waals surface area contributed by atoms with Gasteiger partial charge in [0.2, 0.25) is 5.89 Å². The van der Waals surface area contributed by atoms with E-state index in [1.54, 1.807) is 0 Å². The standard InChI is InChI=1S/C8H14N4OS/c9-5-7-11-12-8(13-7)10-6-1-3-14-4-2-6/h6H,1-5,9H2,(H,10,12). The van der Waals surface area contributed by atoms with E-state index in [-0.39, 0.29) is 0 Å². The van der Waals surface area contributed by atoms with Crippen molar-refractivity contribution < 1.29 is 4.42 Å². The lowest BCUT2D eigenvalue weighted by Crippen LogP contribution is -2.24. The van der Waals surface area contributed by atoms with Crippen molar-refractivity contribution in [2.75, 3.05) is 16.8 Å². The number of aromatic nitrogens is 2. The molecule has 1 aliphatic heterocycles. The summed E-state index contributed by atoms with van der Waals surface area (Å²) >= 11 is 1.99. The van der Waals surface area contributed by atoms with Crippen LogP contribution in [0.4, 0.5) is 6.01 Å². The number of thioether (sulfide) groups is 1. The molecule has 0 unspecified atom stereocenters. The number of nitrogens with one attached hydrogen (secondary N) is 1. The lowest BCUT2D eigenvalue weighted by molar-refractivity contribution is 0.496. The molecule has 0 bridgehead atoms. The van der Waals surface area contributed by atoms with Crippen LogP contribution in [0.3, 0.4) is 0 Å². The lowest BCUT2D eigenvalue weighted by atomic mass is 10.2. The Balaban J connectivity index is 1.89. The third kappa shape index (κ3) is 2.39. The topological polar surface area (TPSA) is 77.0 Å². The summed E-state index contributed by atoms with van der Waals surface area (Å²) in [6.07, 6.45) is 2.32. The molecule has 0 saturated carbocycles. The number of hydrogen-bond donors (Lipinski definition) is 2. The first-order valence-electron chi connectivity index (χ1n) is 4.75. The summed E-state index contributed by atoms with van der Waals surface area (Å²) in [5, 5.41) is 10.9. The van der Waals surface area contributed by atoms with Crippen LogP contribution in [0.15, 0.2) is 4.42 Å². The van der Waals surface area contributed by atoms with Gasteiger partial charge in [0, 0.05) is 6.04 Å². The van der Waals surface area contributed by atoms with Crippen molar-refractivity contribution in [1.82, 2.24) is 10.2 Å². The highest BCUT2D eigenvalue weighted by atomic mass is 32.2. The molecule has 0 atom stereocenters. The van der Waals surface area contributed by atoms with Crippen molar-refractivity contribution in [2.24, 2.45) is 5.73 Å². The average Bonchev–Trinajstić information content (AvgIpc) is 2.67. The Morgan fingerprint density at radius 3 is 2.86 bits per heavy atom. The molecule has 2 heterocycles. The summed E-state index contributed by atoms with van der Waals surface area (Å²) in [6.45, 7) is 0.301. The zero-order valence-corrected chi connectivity index (χ0v) is 8.72. The first-order valence-corrected chi connectivity index (χ1v) is 5.90. The highest BCUT2D eigenvalue weighted by Gasteiger charge is 2.15. The summed E-state index contributed by atoms with van der Waals surface area (Å²) in [7, 11) is 0. The molecule has 0 radical (unpaired) electrons. The van der Waals surface area contributed by atoms with Crippen LogP contribution >= 0.6 is 11.8 Å². The minimum absolute atomic E-state index is 0.301. The van der Waals surface area contributed by atoms with E-state index in [0.29, 0.717) is 24.5 Å². The molecular formula is C8H14N4OS. The second-order valence-corrected chi connectivity index (χ2v) is 4.46. The first-order chi connectivity index (χ1) is 6.88. The van der Waals surface area contributed by atoms with Gasteiger partial charge < -0.3 is 15.5 Å². The maximum atomic E-state index is 5.37.